The second kappa shape index (κ2) is 9.31. The average Bonchev–Trinajstić information content (AvgIpc) is 3.05. The molecule has 0 N–H and O–H groups in total. The van der Waals surface area contributed by atoms with Crippen LogP contribution in [0.15, 0.2) is 41.2 Å². The van der Waals surface area contributed by atoms with E-state index in [1.165, 1.54) is 6.07 Å². The van der Waals surface area contributed by atoms with E-state index in [-0.39, 0.29) is 29.6 Å². The van der Waals surface area contributed by atoms with E-state index >= 15 is 0 Å². The second-order valence-corrected chi connectivity index (χ2v) is 8.95. The van der Waals surface area contributed by atoms with Gasteiger partial charge < -0.3 is 4.74 Å². The topological polar surface area (TPSA) is 53.2 Å². The Labute approximate surface area is 187 Å². The lowest BCUT2D eigenvalue weighted by molar-refractivity contribution is -0.123. The maximum atomic E-state index is 14.2. The molecule has 1 saturated carbocycles. The fraction of sp³-hybridized carbons (Fsp3) is 0.462. The molecule has 1 aliphatic rings. The number of rotatable bonds is 7. The molecule has 3 aromatic rings. The number of ether oxygens (including phenoxy) is 1. The van der Waals surface area contributed by atoms with Crippen molar-refractivity contribution in [3.05, 3.63) is 63.8 Å². The zero-order valence-electron chi connectivity index (χ0n) is 19.1. The van der Waals surface area contributed by atoms with Crippen molar-refractivity contribution >= 4 is 16.8 Å². The molecule has 6 heteroatoms. The predicted molar refractivity (Wildman–Crippen MR) is 124 cm³/mol. The highest BCUT2D eigenvalue weighted by molar-refractivity contribution is 5.83. The average molecular weight is 439 g/mol. The van der Waals surface area contributed by atoms with E-state index in [1.54, 1.807) is 24.8 Å². The minimum Gasteiger partial charge on any atom is -0.497 e. The first-order chi connectivity index (χ1) is 15.4. The Hall–Kier alpha value is -2.89. The van der Waals surface area contributed by atoms with Crippen LogP contribution in [-0.4, -0.2) is 22.0 Å². The van der Waals surface area contributed by atoms with Gasteiger partial charge in [0.25, 0.3) is 0 Å². The lowest BCUT2D eigenvalue weighted by Crippen LogP contribution is -2.29. The van der Waals surface area contributed by atoms with Crippen LogP contribution in [-0.2, 0) is 31.2 Å². The first kappa shape index (κ1) is 22.3. The number of hydrogen-bond acceptors (Lipinski definition) is 3. The van der Waals surface area contributed by atoms with Crippen molar-refractivity contribution in [2.45, 2.75) is 52.0 Å². The number of nitrogens with zero attached hydrogens (tertiary/aromatic N) is 2. The first-order valence-electron chi connectivity index (χ1n) is 11.4. The Morgan fingerprint density at radius 1 is 1.09 bits per heavy atom. The van der Waals surface area contributed by atoms with Crippen LogP contribution in [0.2, 0.25) is 0 Å². The summed E-state index contributed by atoms with van der Waals surface area (Å²) in [7, 11) is 3.41. The van der Waals surface area contributed by atoms with Crippen molar-refractivity contribution in [1.82, 2.24) is 9.13 Å². The van der Waals surface area contributed by atoms with Crippen LogP contribution in [0.5, 0.6) is 5.75 Å². The number of imidazole rings is 1. The quantitative estimate of drug-likeness (QED) is 0.539. The molecule has 0 unspecified atom stereocenters. The number of methoxy groups -OCH3 is 1. The van der Waals surface area contributed by atoms with Crippen molar-refractivity contribution < 1.29 is 13.9 Å². The first-order valence-corrected chi connectivity index (χ1v) is 11.4. The number of benzene rings is 2. The molecular formula is C26H31FN2O3. The number of aryl methyl sites for hydroxylation is 2. The van der Waals surface area contributed by atoms with Gasteiger partial charge in [0.15, 0.2) is 0 Å². The van der Waals surface area contributed by atoms with E-state index in [1.807, 2.05) is 35.8 Å². The van der Waals surface area contributed by atoms with Crippen LogP contribution in [0.4, 0.5) is 4.39 Å². The molecule has 1 fully saturated rings. The molecule has 0 spiro atoms. The van der Waals surface area contributed by atoms with E-state index in [4.69, 9.17) is 4.74 Å². The van der Waals surface area contributed by atoms with Gasteiger partial charge in [-0.15, -0.1) is 0 Å². The maximum absolute atomic E-state index is 14.2. The number of hydrogen-bond donors (Lipinski definition) is 0. The number of fused-ring (bicyclic) bond motifs is 1. The van der Waals surface area contributed by atoms with Gasteiger partial charge in [-0.2, -0.15) is 0 Å². The van der Waals surface area contributed by atoms with Gasteiger partial charge in [0, 0.05) is 32.0 Å². The minimum atomic E-state index is -0.296. The van der Waals surface area contributed by atoms with Crippen molar-refractivity contribution in [1.29, 1.82) is 0 Å². The zero-order valence-corrected chi connectivity index (χ0v) is 19.1. The third kappa shape index (κ3) is 4.36. The van der Waals surface area contributed by atoms with Crippen LogP contribution in [0.25, 0.3) is 11.0 Å². The lowest BCUT2D eigenvalue weighted by Gasteiger charge is -2.28. The smallest absolute Gasteiger partial charge is 0.328 e. The Kier molecular flexibility index (Phi) is 6.49. The molecule has 1 aliphatic carbocycles. The number of aromatic nitrogens is 2. The fourth-order valence-corrected chi connectivity index (χ4v) is 4.93. The van der Waals surface area contributed by atoms with Crippen LogP contribution in [0.3, 0.4) is 0 Å². The second-order valence-electron chi connectivity index (χ2n) is 8.95. The predicted octanol–water partition coefficient (Wildman–Crippen LogP) is 4.67. The summed E-state index contributed by atoms with van der Waals surface area (Å²) >= 11 is 0. The number of Topliss-reactive ketones (excluding diaryl/α,β-unsaturated/α-hetero) is 1. The van der Waals surface area contributed by atoms with Crippen LogP contribution >= 0.6 is 0 Å². The van der Waals surface area contributed by atoms with E-state index in [0.717, 1.165) is 54.5 Å². The molecule has 0 amide bonds. The van der Waals surface area contributed by atoms with Gasteiger partial charge in [-0.05, 0) is 67.3 Å². The number of carbonyl (C=O) groups is 1. The Balaban J connectivity index is 1.42. The molecule has 1 aromatic heterocycles. The van der Waals surface area contributed by atoms with Gasteiger partial charge in [0.05, 0.1) is 18.1 Å². The molecule has 0 aliphatic heterocycles. The third-order valence-electron chi connectivity index (χ3n) is 6.98. The van der Waals surface area contributed by atoms with Crippen LogP contribution in [0.1, 0.15) is 43.7 Å². The highest BCUT2D eigenvalue weighted by Gasteiger charge is 2.28. The summed E-state index contributed by atoms with van der Waals surface area (Å²) in [6.07, 6.45) is 4.35. The Morgan fingerprint density at radius 2 is 1.84 bits per heavy atom. The molecule has 1 heterocycles. The number of ketones is 1. The molecule has 5 nitrogen and oxygen atoms in total. The van der Waals surface area contributed by atoms with Crippen molar-refractivity contribution in [2.75, 3.05) is 7.11 Å². The third-order valence-corrected chi connectivity index (χ3v) is 6.98. The molecule has 0 atom stereocenters. The zero-order chi connectivity index (χ0) is 22.8. The Morgan fingerprint density at radius 3 is 2.53 bits per heavy atom. The molecular weight excluding hydrogens is 407 g/mol. The van der Waals surface area contributed by atoms with Gasteiger partial charge in [0.2, 0.25) is 0 Å². The van der Waals surface area contributed by atoms with Gasteiger partial charge in [-0.25, -0.2) is 9.18 Å². The van der Waals surface area contributed by atoms with E-state index in [2.05, 4.69) is 0 Å². The van der Waals surface area contributed by atoms with E-state index < -0.39 is 0 Å². The van der Waals surface area contributed by atoms with Gasteiger partial charge in [-0.3, -0.25) is 13.9 Å². The molecule has 0 bridgehead atoms. The van der Waals surface area contributed by atoms with Crippen molar-refractivity contribution in [2.24, 2.45) is 18.9 Å². The van der Waals surface area contributed by atoms with Crippen LogP contribution in [0, 0.1) is 17.7 Å². The largest absolute Gasteiger partial charge is 0.497 e. The molecule has 0 radical (unpaired) electrons. The number of carbonyl (C=O) groups excluding carboxylic acids is 1. The summed E-state index contributed by atoms with van der Waals surface area (Å²) in [5.74, 6) is 0.872. The molecule has 0 saturated heterocycles. The highest BCUT2D eigenvalue weighted by atomic mass is 19.1. The summed E-state index contributed by atoms with van der Waals surface area (Å²) in [6.45, 7) is 2.66. The SMILES string of the molecule is CCc1ccc(F)c(CC(=O)C2CCC(Cn3c(=O)n(C)c4ccc(OC)cc43)CC2)c1. The molecule has 4 rings (SSSR count). The minimum absolute atomic E-state index is 0.0275. The monoisotopic (exact) mass is 438 g/mol. The fourth-order valence-electron chi connectivity index (χ4n) is 4.93. The maximum Gasteiger partial charge on any atom is 0.328 e. The highest BCUT2D eigenvalue weighted by Crippen LogP contribution is 2.32. The van der Waals surface area contributed by atoms with E-state index in [0.29, 0.717) is 18.0 Å². The molecule has 32 heavy (non-hydrogen) atoms. The van der Waals surface area contributed by atoms with Gasteiger partial charge in [-0.1, -0.05) is 19.1 Å². The normalized spacial score (nSPS) is 18.8. The molecule has 2 aromatic carbocycles. The molecule has 170 valence electrons. The van der Waals surface area contributed by atoms with Gasteiger partial charge >= 0.3 is 5.69 Å². The van der Waals surface area contributed by atoms with E-state index in [9.17, 15) is 14.0 Å². The lowest BCUT2D eigenvalue weighted by atomic mass is 9.78. The number of halogens is 1. The summed E-state index contributed by atoms with van der Waals surface area (Å²) in [5.41, 5.74) is 3.29. The summed E-state index contributed by atoms with van der Waals surface area (Å²) in [5, 5.41) is 0. The standard InChI is InChI=1S/C26H31FN2O3/c1-4-17-7-11-22(27)20(13-17)14-25(30)19-8-5-18(6-9-19)16-29-24-15-21(32-3)10-12-23(24)28(2)26(29)31/h7,10-13,15,18-19H,4-6,8-9,14,16H2,1-3H3. The summed E-state index contributed by atoms with van der Waals surface area (Å²) in [6, 6.07) is 10.7. The Bertz CT molecular complexity index is 1190. The van der Waals surface area contributed by atoms with Crippen molar-refractivity contribution in [3.63, 3.8) is 0 Å². The van der Waals surface area contributed by atoms with Crippen LogP contribution < -0.4 is 10.4 Å². The summed E-state index contributed by atoms with van der Waals surface area (Å²) < 4.78 is 23.0. The van der Waals surface area contributed by atoms with Crippen molar-refractivity contribution in [3.8, 4) is 5.75 Å². The summed E-state index contributed by atoms with van der Waals surface area (Å²) in [4.78, 5) is 25.7. The van der Waals surface area contributed by atoms with Gasteiger partial charge in [0.1, 0.15) is 17.3 Å².